The van der Waals surface area contributed by atoms with E-state index in [0.717, 1.165) is 19.3 Å². The average molecular weight is 297 g/mol. The molecule has 1 aliphatic carbocycles. The van der Waals surface area contributed by atoms with E-state index in [9.17, 15) is 4.79 Å². The van der Waals surface area contributed by atoms with E-state index < -0.39 is 0 Å². The molecular formula is C14H14Cl2N2O. The second kappa shape index (κ2) is 6.73. The summed E-state index contributed by atoms with van der Waals surface area (Å²) in [6.07, 6.45) is 9.21. The third-order valence-corrected chi connectivity index (χ3v) is 3.68. The van der Waals surface area contributed by atoms with Crippen LogP contribution in [-0.4, -0.2) is 12.1 Å². The molecule has 0 bridgehead atoms. The Morgan fingerprint density at radius 2 is 2.16 bits per heavy atom. The van der Waals surface area contributed by atoms with Gasteiger partial charge in [0.15, 0.2) is 0 Å². The van der Waals surface area contributed by atoms with Gasteiger partial charge >= 0.3 is 0 Å². The van der Waals surface area contributed by atoms with Crippen molar-refractivity contribution in [3.05, 3.63) is 46.0 Å². The molecule has 1 unspecified atom stereocenters. The quantitative estimate of drug-likeness (QED) is 0.510. The minimum Gasteiger partial charge on any atom is -0.267 e. The number of carbonyl (C=O) groups is 1. The van der Waals surface area contributed by atoms with Gasteiger partial charge in [-0.3, -0.25) is 4.79 Å². The zero-order valence-electron chi connectivity index (χ0n) is 10.3. The molecule has 1 aromatic rings. The van der Waals surface area contributed by atoms with Crippen molar-refractivity contribution in [3.8, 4) is 0 Å². The van der Waals surface area contributed by atoms with E-state index in [4.69, 9.17) is 23.2 Å². The first kappa shape index (κ1) is 14.1. The van der Waals surface area contributed by atoms with Crippen LogP contribution in [0.3, 0.4) is 0 Å². The molecule has 1 amide bonds. The molecule has 1 aromatic carbocycles. The number of rotatable bonds is 3. The Balaban J connectivity index is 1.91. The third-order valence-electron chi connectivity index (χ3n) is 2.94. The van der Waals surface area contributed by atoms with Gasteiger partial charge in [-0.25, -0.2) is 5.43 Å². The maximum atomic E-state index is 11.8. The fourth-order valence-corrected chi connectivity index (χ4v) is 2.15. The molecule has 0 radical (unpaired) electrons. The smallest absolute Gasteiger partial charge is 0.267 e. The molecule has 1 atom stereocenters. The number of hydrogen-bond acceptors (Lipinski definition) is 2. The van der Waals surface area contributed by atoms with Crippen LogP contribution in [0.25, 0.3) is 0 Å². The SMILES string of the molecule is O=C(NN=CC1CC=CCC1)c1ccc(Cl)c(Cl)c1. The molecule has 0 saturated heterocycles. The molecule has 0 saturated carbocycles. The van der Waals surface area contributed by atoms with Crippen LogP contribution in [0.2, 0.25) is 10.0 Å². The second-order valence-corrected chi connectivity index (χ2v) is 5.21. The van der Waals surface area contributed by atoms with E-state index >= 15 is 0 Å². The molecule has 100 valence electrons. The summed E-state index contributed by atoms with van der Waals surface area (Å²) in [6.45, 7) is 0. The van der Waals surface area contributed by atoms with Gasteiger partial charge in [-0.05, 0) is 43.4 Å². The van der Waals surface area contributed by atoms with Crippen molar-refractivity contribution in [2.75, 3.05) is 0 Å². The summed E-state index contributed by atoms with van der Waals surface area (Å²) in [7, 11) is 0. The van der Waals surface area contributed by atoms with Crippen molar-refractivity contribution in [2.45, 2.75) is 19.3 Å². The summed E-state index contributed by atoms with van der Waals surface area (Å²) in [5.41, 5.74) is 2.94. The molecule has 2 rings (SSSR count). The Morgan fingerprint density at radius 1 is 1.32 bits per heavy atom. The van der Waals surface area contributed by atoms with Gasteiger partial charge in [-0.1, -0.05) is 35.4 Å². The highest BCUT2D eigenvalue weighted by atomic mass is 35.5. The number of allylic oxidation sites excluding steroid dienone is 2. The van der Waals surface area contributed by atoms with Crippen LogP contribution in [0.4, 0.5) is 0 Å². The summed E-state index contributed by atoms with van der Waals surface area (Å²) in [5, 5.41) is 4.77. The van der Waals surface area contributed by atoms with Crippen LogP contribution in [0.15, 0.2) is 35.5 Å². The first-order chi connectivity index (χ1) is 9.16. The van der Waals surface area contributed by atoms with Crippen LogP contribution in [0.5, 0.6) is 0 Å². The molecule has 19 heavy (non-hydrogen) atoms. The monoisotopic (exact) mass is 296 g/mol. The van der Waals surface area contributed by atoms with Crippen LogP contribution >= 0.6 is 23.2 Å². The summed E-state index contributed by atoms with van der Waals surface area (Å²) in [5.74, 6) is 0.111. The second-order valence-electron chi connectivity index (χ2n) is 4.39. The van der Waals surface area contributed by atoms with E-state index in [2.05, 4.69) is 22.7 Å². The molecule has 5 heteroatoms. The standard InChI is InChI=1S/C14H14Cl2N2O/c15-12-7-6-11(8-13(12)16)14(19)18-17-9-10-4-2-1-3-5-10/h1-2,6-10H,3-5H2,(H,18,19). The van der Waals surface area contributed by atoms with Gasteiger partial charge < -0.3 is 0 Å². The number of benzene rings is 1. The van der Waals surface area contributed by atoms with Gasteiger partial charge in [0.25, 0.3) is 5.91 Å². The fraction of sp³-hybridized carbons (Fsp3) is 0.286. The van der Waals surface area contributed by atoms with Crippen molar-refractivity contribution in [3.63, 3.8) is 0 Å². The van der Waals surface area contributed by atoms with Crippen molar-refractivity contribution >= 4 is 35.3 Å². The predicted octanol–water partition coefficient (Wildman–Crippen LogP) is 4.07. The van der Waals surface area contributed by atoms with Crippen molar-refractivity contribution < 1.29 is 4.79 Å². The maximum absolute atomic E-state index is 11.8. The third kappa shape index (κ3) is 4.08. The Hall–Kier alpha value is -1.32. The lowest BCUT2D eigenvalue weighted by Gasteiger charge is -2.11. The average Bonchev–Trinajstić information content (AvgIpc) is 2.43. The van der Waals surface area contributed by atoms with Gasteiger partial charge in [-0.15, -0.1) is 0 Å². The van der Waals surface area contributed by atoms with E-state index in [0.29, 0.717) is 21.5 Å². The lowest BCUT2D eigenvalue weighted by molar-refractivity contribution is 0.0955. The molecular weight excluding hydrogens is 283 g/mol. The van der Waals surface area contributed by atoms with E-state index in [1.807, 2.05) is 0 Å². The molecule has 1 aliphatic rings. The summed E-state index contributed by atoms with van der Waals surface area (Å²) in [6, 6.07) is 4.73. The van der Waals surface area contributed by atoms with Crippen molar-refractivity contribution in [2.24, 2.45) is 11.0 Å². The highest BCUT2D eigenvalue weighted by molar-refractivity contribution is 6.42. The van der Waals surface area contributed by atoms with Crippen LogP contribution in [-0.2, 0) is 0 Å². The molecule has 1 N–H and O–H groups in total. The van der Waals surface area contributed by atoms with Crippen LogP contribution < -0.4 is 5.43 Å². The number of carbonyl (C=O) groups excluding carboxylic acids is 1. The lowest BCUT2D eigenvalue weighted by Crippen LogP contribution is -2.18. The highest BCUT2D eigenvalue weighted by Crippen LogP contribution is 2.22. The van der Waals surface area contributed by atoms with Crippen molar-refractivity contribution in [1.29, 1.82) is 0 Å². The maximum Gasteiger partial charge on any atom is 0.271 e. The Kier molecular flexibility index (Phi) is 5.00. The normalized spacial score (nSPS) is 18.7. The number of hydrazone groups is 1. The zero-order valence-corrected chi connectivity index (χ0v) is 11.8. The van der Waals surface area contributed by atoms with Crippen LogP contribution in [0.1, 0.15) is 29.6 Å². The van der Waals surface area contributed by atoms with E-state index in [-0.39, 0.29) is 5.91 Å². The zero-order chi connectivity index (χ0) is 13.7. The molecule has 0 aliphatic heterocycles. The fourth-order valence-electron chi connectivity index (χ4n) is 1.86. The van der Waals surface area contributed by atoms with Gasteiger partial charge in [0.2, 0.25) is 0 Å². The summed E-state index contributed by atoms with van der Waals surface area (Å²) < 4.78 is 0. The first-order valence-corrected chi connectivity index (χ1v) is 6.86. The van der Waals surface area contributed by atoms with Gasteiger partial charge in [0, 0.05) is 11.8 Å². The van der Waals surface area contributed by atoms with Crippen molar-refractivity contribution in [1.82, 2.24) is 5.43 Å². The van der Waals surface area contributed by atoms with Gasteiger partial charge in [-0.2, -0.15) is 5.10 Å². The van der Waals surface area contributed by atoms with E-state index in [1.54, 1.807) is 18.3 Å². The Morgan fingerprint density at radius 3 is 2.84 bits per heavy atom. The first-order valence-electron chi connectivity index (χ1n) is 6.10. The minimum absolute atomic E-state index is 0.291. The largest absolute Gasteiger partial charge is 0.271 e. The highest BCUT2D eigenvalue weighted by Gasteiger charge is 2.08. The molecule has 0 heterocycles. The summed E-state index contributed by atoms with van der Waals surface area (Å²) in [4.78, 5) is 11.8. The topological polar surface area (TPSA) is 41.5 Å². The summed E-state index contributed by atoms with van der Waals surface area (Å²) >= 11 is 11.6. The molecule has 0 spiro atoms. The number of nitrogens with zero attached hydrogens (tertiary/aromatic N) is 1. The Bertz CT molecular complexity index is 526. The van der Waals surface area contributed by atoms with Crippen LogP contribution in [0, 0.1) is 5.92 Å². The number of hydrogen-bond donors (Lipinski definition) is 1. The van der Waals surface area contributed by atoms with Gasteiger partial charge in [0.1, 0.15) is 0 Å². The number of halogens is 2. The van der Waals surface area contributed by atoms with E-state index in [1.165, 1.54) is 6.07 Å². The lowest BCUT2D eigenvalue weighted by atomic mass is 9.96. The predicted molar refractivity (Wildman–Crippen MR) is 78.9 cm³/mol. The Labute approximate surface area is 122 Å². The number of nitrogens with one attached hydrogen (secondary N) is 1. The molecule has 0 aromatic heterocycles. The van der Waals surface area contributed by atoms with Gasteiger partial charge in [0.05, 0.1) is 10.0 Å². The molecule has 0 fully saturated rings. The number of amides is 1. The molecule has 3 nitrogen and oxygen atoms in total. The minimum atomic E-state index is -0.291.